The van der Waals surface area contributed by atoms with Crippen molar-refractivity contribution in [1.29, 1.82) is 0 Å². The van der Waals surface area contributed by atoms with Gasteiger partial charge in [0.05, 0.1) is 7.11 Å². The summed E-state index contributed by atoms with van der Waals surface area (Å²) in [7, 11) is 1.54. The fraction of sp³-hybridized carbons (Fsp3) is 0.625. The smallest absolute Gasteiger partial charge is 0.162 e. The summed E-state index contributed by atoms with van der Waals surface area (Å²) in [6, 6.07) is 4.47. The number of benzene rings is 1. The number of nitrogens with one attached hydrogen (secondary N) is 1. The topological polar surface area (TPSA) is 44.7 Å². The Morgan fingerprint density at radius 2 is 2.14 bits per heavy atom. The summed E-state index contributed by atoms with van der Waals surface area (Å²) in [6.07, 6.45) is 2.19. The summed E-state index contributed by atoms with van der Waals surface area (Å²) >= 11 is 6.12. The van der Waals surface area contributed by atoms with E-state index in [2.05, 4.69) is 24.1 Å². The highest BCUT2D eigenvalue weighted by molar-refractivity contribution is 6.30. The van der Waals surface area contributed by atoms with Crippen LogP contribution in [-0.2, 0) is 6.54 Å². The maximum absolute atomic E-state index is 10.3. The van der Waals surface area contributed by atoms with Gasteiger partial charge in [-0.25, -0.2) is 0 Å². The molecule has 118 valence electrons. The molecule has 0 aliphatic carbocycles. The fourth-order valence-corrected chi connectivity index (χ4v) is 3.15. The third kappa shape index (κ3) is 3.82. The summed E-state index contributed by atoms with van der Waals surface area (Å²) in [4.78, 5) is 2.43. The molecule has 1 aromatic rings. The van der Waals surface area contributed by atoms with Gasteiger partial charge in [-0.2, -0.15) is 0 Å². The molecule has 0 amide bonds. The van der Waals surface area contributed by atoms with Gasteiger partial charge in [0.2, 0.25) is 0 Å². The van der Waals surface area contributed by atoms with Crippen molar-refractivity contribution in [3.8, 4) is 11.5 Å². The van der Waals surface area contributed by atoms with Gasteiger partial charge in [0.1, 0.15) is 0 Å². The molecule has 1 fully saturated rings. The molecule has 5 heteroatoms. The summed E-state index contributed by atoms with van der Waals surface area (Å²) in [5.74, 6) is 0.635. The number of piperazine rings is 1. The van der Waals surface area contributed by atoms with Crippen LogP contribution in [0, 0.1) is 0 Å². The molecule has 1 aromatic carbocycles. The molecule has 2 rings (SSSR count). The number of nitrogens with zero attached hydrogens (tertiary/aromatic N) is 1. The van der Waals surface area contributed by atoms with Crippen LogP contribution >= 0.6 is 11.6 Å². The Labute approximate surface area is 132 Å². The summed E-state index contributed by atoms with van der Waals surface area (Å²) < 4.78 is 5.19. The van der Waals surface area contributed by atoms with E-state index in [0.29, 0.717) is 29.4 Å². The molecule has 1 aliphatic heterocycles. The van der Waals surface area contributed by atoms with E-state index in [1.54, 1.807) is 13.2 Å². The largest absolute Gasteiger partial charge is 0.504 e. The van der Waals surface area contributed by atoms with Gasteiger partial charge in [0.15, 0.2) is 11.5 Å². The number of hydrogen-bond donors (Lipinski definition) is 2. The van der Waals surface area contributed by atoms with Crippen molar-refractivity contribution in [2.24, 2.45) is 0 Å². The first-order valence-electron chi connectivity index (χ1n) is 7.61. The molecule has 0 radical (unpaired) electrons. The Kier molecular flexibility index (Phi) is 5.73. The number of hydrogen-bond acceptors (Lipinski definition) is 4. The van der Waals surface area contributed by atoms with Crippen LogP contribution in [0.1, 0.15) is 32.3 Å². The van der Waals surface area contributed by atoms with Gasteiger partial charge in [0.25, 0.3) is 0 Å². The Bertz CT molecular complexity index is 482. The highest BCUT2D eigenvalue weighted by atomic mass is 35.5. The summed E-state index contributed by atoms with van der Waals surface area (Å²) in [5.41, 5.74) is 0.828. The molecule has 0 bridgehead atoms. The first kappa shape index (κ1) is 16.4. The third-order valence-electron chi connectivity index (χ3n) is 4.29. The van der Waals surface area contributed by atoms with Crippen LogP contribution in [0.5, 0.6) is 11.5 Å². The Morgan fingerprint density at radius 3 is 2.76 bits per heavy atom. The van der Waals surface area contributed by atoms with Gasteiger partial charge >= 0.3 is 0 Å². The first-order chi connectivity index (χ1) is 10.1. The second-order valence-electron chi connectivity index (χ2n) is 5.62. The van der Waals surface area contributed by atoms with E-state index < -0.39 is 0 Å². The van der Waals surface area contributed by atoms with Crippen molar-refractivity contribution in [3.05, 3.63) is 22.7 Å². The van der Waals surface area contributed by atoms with Gasteiger partial charge in [-0.15, -0.1) is 0 Å². The van der Waals surface area contributed by atoms with E-state index in [1.807, 2.05) is 6.07 Å². The minimum Gasteiger partial charge on any atom is -0.504 e. The molecule has 2 atom stereocenters. The quantitative estimate of drug-likeness (QED) is 0.877. The lowest BCUT2D eigenvalue weighted by atomic mass is 10.0. The van der Waals surface area contributed by atoms with Crippen molar-refractivity contribution in [2.75, 3.05) is 20.2 Å². The van der Waals surface area contributed by atoms with Gasteiger partial charge < -0.3 is 15.2 Å². The second kappa shape index (κ2) is 7.34. The Balaban J connectivity index is 2.20. The molecule has 2 N–H and O–H groups in total. The second-order valence-corrected chi connectivity index (χ2v) is 6.06. The molecule has 0 spiro atoms. The van der Waals surface area contributed by atoms with Crippen molar-refractivity contribution in [1.82, 2.24) is 10.2 Å². The lowest BCUT2D eigenvalue weighted by molar-refractivity contribution is 0.116. The number of phenolic OH excluding ortho intramolecular Hbond substituents is 1. The Morgan fingerprint density at radius 1 is 1.38 bits per heavy atom. The van der Waals surface area contributed by atoms with E-state index >= 15 is 0 Å². The van der Waals surface area contributed by atoms with Crippen LogP contribution in [-0.4, -0.2) is 42.3 Å². The maximum Gasteiger partial charge on any atom is 0.162 e. The molecular weight excluding hydrogens is 288 g/mol. The molecule has 4 nitrogen and oxygen atoms in total. The maximum atomic E-state index is 10.3. The Hall–Kier alpha value is -0.970. The number of ether oxygens (including phenoxy) is 1. The van der Waals surface area contributed by atoms with Crippen molar-refractivity contribution >= 4 is 11.6 Å². The van der Waals surface area contributed by atoms with Crippen LogP contribution in [0.3, 0.4) is 0 Å². The third-order valence-corrected chi connectivity index (χ3v) is 4.51. The predicted molar refractivity (Wildman–Crippen MR) is 86.2 cm³/mol. The average Bonchev–Trinajstić information content (AvgIpc) is 2.50. The summed E-state index contributed by atoms with van der Waals surface area (Å²) in [5, 5.41) is 14.5. The molecule has 0 saturated carbocycles. The van der Waals surface area contributed by atoms with Crippen molar-refractivity contribution in [2.45, 2.75) is 45.3 Å². The van der Waals surface area contributed by atoms with Crippen LogP contribution in [0.25, 0.3) is 0 Å². The average molecular weight is 313 g/mol. The highest BCUT2D eigenvalue weighted by Gasteiger charge is 2.26. The van der Waals surface area contributed by atoms with E-state index in [4.69, 9.17) is 16.3 Å². The molecule has 1 aliphatic rings. The number of methoxy groups -OCH3 is 1. The number of halogens is 1. The van der Waals surface area contributed by atoms with Crippen molar-refractivity contribution < 1.29 is 9.84 Å². The standard InChI is InChI=1S/C16H25ClN2O2/c1-4-13-10-19(14(5-2)8-18-13)9-11-6-12(17)7-15(21-3)16(11)20/h6-7,13-14,18,20H,4-5,8-10H2,1-3H3. The van der Waals surface area contributed by atoms with E-state index in [1.165, 1.54) is 0 Å². The van der Waals surface area contributed by atoms with Crippen molar-refractivity contribution in [3.63, 3.8) is 0 Å². The van der Waals surface area contributed by atoms with E-state index in [-0.39, 0.29) is 5.75 Å². The van der Waals surface area contributed by atoms with E-state index in [0.717, 1.165) is 31.5 Å². The van der Waals surface area contributed by atoms with Crippen LogP contribution in [0.15, 0.2) is 12.1 Å². The zero-order valence-electron chi connectivity index (χ0n) is 13.0. The number of phenols is 1. The monoisotopic (exact) mass is 312 g/mol. The molecule has 1 saturated heterocycles. The number of rotatable bonds is 5. The lowest BCUT2D eigenvalue weighted by Gasteiger charge is -2.40. The first-order valence-corrected chi connectivity index (χ1v) is 7.99. The minimum absolute atomic E-state index is 0.198. The zero-order chi connectivity index (χ0) is 15.4. The predicted octanol–water partition coefficient (Wildman–Crippen LogP) is 3.02. The normalized spacial score (nSPS) is 23.2. The van der Waals surface area contributed by atoms with Gasteiger partial charge in [-0.05, 0) is 18.9 Å². The van der Waals surface area contributed by atoms with Gasteiger partial charge in [-0.1, -0.05) is 25.4 Å². The van der Waals surface area contributed by atoms with Crippen LogP contribution < -0.4 is 10.1 Å². The van der Waals surface area contributed by atoms with Crippen LogP contribution in [0.2, 0.25) is 5.02 Å². The SMILES string of the molecule is CCC1CN(Cc2cc(Cl)cc(OC)c2O)C(CC)CN1. The summed E-state index contributed by atoms with van der Waals surface area (Å²) in [6.45, 7) is 7.07. The molecule has 2 unspecified atom stereocenters. The fourth-order valence-electron chi connectivity index (χ4n) is 2.92. The molecular formula is C16H25ClN2O2. The van der Waals surface area contributed by atoms with Gasteiger partial charge in [-0.3, -0.25) is 4.90 Å². The zero-order valence-corrected chi connectivity index (χ0v) is 13.8. The van der Waals surface area contributed by atoms with Crippen LogP contribution in [0.4, 0.5) is 0 Å². The molecule has 0 aromatic heterocycles. The van der Waals surface area contributed by atoms with E-state index in [9.17, 15) is 5.11 Å². The molecule has 21 heavy (non-hydrogen) atoms. The highest BCUT2D eigenvalue weighted by Crippen LogP contribution is 2.34. The lowest BCUT2D eigenvalue weighted by Crippen LogP contribution is -2.55. The number of aromatic hydroxyl groups is 1. The minimum atomic E-state index is 0.198. The molecule has 1 heterocycles. The van der Waals surface area contributed by atoms with Gasteiger partial charge in [0, 0.05) is 48.4 Å².